The van der Waals surface area contributed by atoms with Crippen molar-refractivity contribution in [3.05, 3.63) is 101 Å². The molecule has 9 nitrogen and oxygen atoms in total. The molecular weight excluding hydrogens is 420 g/mol. The first-order valence-corrected chi connectivity index (χ1v) is 10.1. The van der Waals surface area contributed by atoms with Crippen molar-refractivity contribution in [1.82, 2.24) is 25.1 Å². The van der Waals surface area contributed by atoms with Crippen LogP contribution in [-0.4, -0.2) is 31.0 Å². The fraction of sp³-hybridized carbons (Fsp3) is 0.0417. The van der Waals surface area contributed by atoms with Gasteiger partial charge in [0.15, 0.2) is 11.5 Å². The normalized spacial score (nSPS) is 10.8. The zero-order valence-corrected chi connectivity index (χ0v) is 17.5. The van der Waals surface area contributed by atoms with Crippen LogP contribution in [0.5, 0.6) is 0 Å². The summed E-state index contributed by atoms with van der Waals surface area (Å²) in [4.78, 5) is 26.3. The van der Waals surface area contributed by atoms with E-state index in [1.165, 1.54) is 0 Å². The second kappa shape index (κ2) is 8.39. The van der Waals surface area contributed by atoms with E-state index in [2.05, 4.69) is 42.4 Å². The molecule has 2 aromatic heterocycles. The summed E-state index contributed by atoms with van der Waals surface area (Å²) in [6, 6.07) is 24.8. The molecule has 2 N–H and O–H groups in total. The highest BCUT2D eigenvalue weighted by atomic mass is 16.5. The van der Waals surface area contributed by atoms with Crippen LogP contribution in [0.1, 0.15) is 16.2 Å². The van der Waals surface area contributed by atoms with Crippen molar-refractivity contribution >= 4 is 11.6 Å². The van der Waals surface area contributed by atoms with Crippen molar-refractivity contribution in [2.45, 2.75) is 6.92 Å². The number of amides is 1. The number of aromatic amines is 1. The summed E-state index contributed by atoms with van der Waals surface area (Å²) < 4.78 is 6.14. The maximum atomic E-state index is 12.8. The number of carbonyl (C=O) groups is 1. The molecule has 0 unspecified atom stereocenters. The monoisotopic (exact) mass is 438 g/mol. The van der Waals surface area contributed by atoms with Crippen LogP contribution in [-0.2, 0) is 0 Å². The largest absolute Gasteiger partial charge is 0.439 e. The van der Waals surface area contributed by atoms with Crippen molar-refractivity contribution in [2.75, 3.05) is 5.32 Å². The average molecular weight is 438 g/mol. The number of hydrogen-bond acceptors (Lipinski definition) is 6. The smallest absolute Gasteiger partial charge is 0.321 e. The summed E-state index contributed by atoms with van der Waals surface area (Å²) in [6.07, 6.45) is 0. The Bertz CT molecular complexity index is 1470. The molecule has 0 aliphatic heterocycles. The molecular formula is C24H18N6O3. The van der Waals surface area contributed by atoms with Gasteiger partial charge < -0.3 is 5.32 Å². The molecule has 0 fully saturated rings. The first-order chi connectivity index (χ1) is 16.1. The van der Waals surface area contributed by atoms with Crippen LogP contribution in [0, 0.1) is 6.92 Å². The van der Waals surface area contributed by atoms with Crippen LogP contribution >= 0.6 is 0 Å². The number of carbonyl (C=O) groups excluding carboxylic acids is 1. The van der Waals surface area contributed by atoms with Gasteiger partial charge in [0.25, 0.3) is 5.91 Å². The predicted molar refractivity (Wildman–Crippen MR) is 122 cm³/mol. The number of hydrogen-bond donors (Lipinski definition) is 2. The third kappa shape index (κ3) is 4.07. The quantitative estimate of drug-likeness (QED) is 0.430. The lowest BCUT2D eigenvalue weighted by molar-refractivity contribution is 0.102. The van der Waals surface area contributed by atoms with E-state index in [0.29, 0.717) is 22.8 Å². The lowest BCUT2D eigenvalue weighted by Gasteiger charge is -2.07. The van der Waals surface area contributed by atoms with Crippen molar-refractivity contribution in [2.24, 2.45) is 0 Å². The molecule has 9 heteroatoms. The highest BCUT2D eigenvalue weighted by molar-refractivity contribution is 6.03. The molecule has 3 aromatic carbocycles. The predicted octanol–water partition coefficient (Wildman–Crippen LogP) is 3.84. The highest BCUT2D eigenvalue weighted by Gasteiger charge is 2.18. The maximum absolute atomic E-state index is 12.8. The Morgan fingerprint density at radius 3 is 2.24 bits per heavy atom. The van der Waals surface area contributed by atoms with Gasteiger partial charge in [-0.05, 0) is 54.4 Å². The summed E-state index contributed by atoms with van der Waals surface area (Å²) in [5, 5.41) is 14.7. The summed E-state index contributed by atoms with van der Waals surface area (Å²) in [5.41, 5.74) is 5.10. The fourth-order valence-corrected chi connectivity index (χ4v) is 3.47. The number of nitrogens with zero attached hydrogens (tertiary/aromatic N) is 4. The molecule has 1 amide bonds. The van der Waals surface area contributed by atoms with Crippen molar-refractivity contribution < 1.29 is 9.32 Å². The van der Waals surface area contributed by atoms with Crippen molar-refractivity contribution in [3.63, 3.8) is 0 Å². The topological polar surface area (TPSA) is 119 Å². The number of benzene rings is 3. The average Bonchev–Trinajstić information content (AvgIpc) is 3.46. The van der Waals surface area contributed by atoms with E-state index in [0.717, 1.165) is 16.8 Å². The standard InChI is InChI=1S/C24H18N6O3/c1-15-21(23(31)25-19-11-7-18(8-12-19)22-26-24(32)33-28-22)27-29-30(15)20-13-9-17(10-14-20)16-5-3-2-4-6-16/h2-14H,1H3,(H,25,31)(H,26,28,32). The van der Waals surface area contributed by atoms with Gasteiger partial charge in [-0.2, -0.15) is 0 Å². The molecule has 0 bridgehead atoms. The van der Waals surface area contributed by atoms with Gasteiger partial charge in [-0.25, -0.2) is 9.48 Å². The number of H-pyrrole nitrogens is 1. The van der Waals surface area contributed by atoms with E-state index in [9.17, 15) is 9.59 Å². The Hall–Kier alpha value is -4.79. The zero-order valence-electron chi connectivity index (χ0n) is 17.5. The lowest BCUT2D eigenvalue weighted by atomic mass is 10.1. The van der Waals surface area contributed by atoms with Gasteiger partial charge in [0.1, 0.15) is 0 Å². The Balaban J connectivity index is 1.32. The van der Waals surface area contributed by atoms with Gasteiger partial charge in [-0.15, -0.1) is 5.10 Å². The van der Waals surface area contributed by atoms with Gasteiger partial charge in [-0.3, -0.25) is 14.3 Å². The Labute approximate surface area is 187 Å². The number of anilines is 1. The van der Waals surface area contributed by atoms with Gasteiger partial charge in [0, 0.05) is 11.3 Å². The van der Waals surface area contributed by atoms with Crippen LogP contribution in [0.25, 0.3) is 28.2 Å². The highest BCUT2D eigenvalue weighted by Crippen LogP contribution is 2.22. The van der Waals surface area contributed by atoms with Crippen molar-refractivity contribution in [3.8, 4) is 28.2 Å². The van der Waals surface area contributed by atoms with E-state index in [4.69, 9.17) is 0 Å². The van der Waals surface area contributed by atoms with E-state index >= 15 is 0 Å². The summed E-state index contributed by atoms with van der Waals surface area (Å²) >= 11 is 0. The lowest BCUT2D eigenvalue weighted by Crippen LogP contribution is -2.14. The summed E-state index contributed by atoms with van der Waals surface area (Å²) in [7, 11) is 0. The van der Waals surface area contributed by atoms with Gasteiger partial charge in [0.05, 0.1) is 11.4 Å². The molecule has 0 atom stereocenters. The molecule has 162 valence electrons. The van der Waals surface area contributed by atoms with Crippen LogP contribution < -0.4 is 11.1 Å². The first-order valence-electron chi connectivity index (χ1n) is 10.1. The Morgan fingerprint density at radius 1 is 0.909 bits per heavy atom. The number of aromatic nitrogens is 5. The van der Waals surface area contributed by atoms with Crippen LogP contribution in [0.2, 0.25) is 0 Å². The summed E-state index contributed by atoms with van der Waals surface area (Å²) in [6.45, 7) is 1.80. The molecule has 0 radical (unpaired) electrons. The van der Waals surface area contributed by atoms with Gasteiger partial charge in [-0.1, -0.05) is 52.8 Å². The number of rotatable bonds is 5. The van der Waals surface area contributed by atoms with Crippen molar-refractivity contribution in [1.29, 1.82) is 0 Å². The van der Waals surface area contributed by atoms with E-state index < -0.39 is 5.76 Å². The second-order valence-corrected chi connectivity index (χ2v) is 7.32. The van der Waals surface area contributed by atoms with E-state index in [-0.39, 0.29) is 11.6 Å². The molecule has 33 heavy (non-hydrogen) atoms. The maximum Gasteiger partial charge on any atom is 0.439 e. The molecule has 2 heterocycles. The van der Waals surface area contributed by atoms with E-state index in [1.54, 1.807) is 35.9 Å². The van der Waals surface area contributed by atoms with Gasteiger partial charge in [0.2, 0.25) is 0 Å². The molecule has 0 aliphatic rings. The molecule has 0 spiro atoms. The summed E-state index contributed by atoms with van der Waals surface area (Å²) in [5.74, 6) is -0.687. The van der Waals surface area contributed by atoms with Crippen LogP contribution in [0.3, 0.4) is 0 Å². The Morgan fingerprint density at radius 2 is 1.58 bits per heavy atom. The molecule has 5 rings (SSSR count). The minimum absolute atomic E-state index is 0.229. The SMILES string of the molecule is Cc1c(C(=O)Nc2ccc(-c3noc(=O)[nH]3)cc2)nnn1-c1ccc(-c2ccccc2)cc1. The Kier molecular flexibility index (Phi) is 5.12. The zero-order chi connectivity index (χ0) is 22.8. The third-order valence-electron chi connectivity index (χ3n) is 5.19. The second-order valence-electron chi connectivity index (χ2n) is 7.32. The minimum atomic E-state index is -0.629. The molecule has 5 aromatic rings. The van der Waals surface area contributed by atoms with Gasteiger partial charge >= 0.3 is 5.76 Å². The van der Waals surface area contributed by atoms with Crippen LogP contribution in [0.15, 0.2) is 88.2 Å². The minimum Gasteiger partial charge on any atom is -0.321 e. The van der Waals surface area contributed by atoms with E-state index in [1.807, 2.05) is 42.5 Å². The molecule has 0 aliphatic carbocycles. The molecule has 0 saturated carbocycles. The first kappa shape index (κ1) is 20.1. The third-order valence-corrected chi connectivity index (χ3v) is 5.19. The fourth-order valence-electron chi connectivity index (χ4n) is 3.47. The molecule has 0 saturated heterocycles. The number of nitrogens with one attached hydrogen (secondary N) is 2. The van der Waals surface area contributed by atoms with Crippen LogP contribution in [0.4, 0.5) is 5.69 Å².